The molecule has 0 unspecified atom stereocenters. The van der Waals surface area contributed by atoms with Crippen molar-refractivity contribution in [2.45, 2.75) is 51.2 Å². The van der Waals surface area contributed by atoms with Crippen LogP contribution in [0.3, 0.4) is 0 Å². The van der Waals surface area contributed by atoms with Crippen molar-refractivity contribution in [1.29, 1.82) is 0 Å². The maximum atomic E-state index is 12.6. The number of anilines is 1. The van der Waals surface area contributed by atoms with Crippen molar-refractivity contribution < 1.29 is 13.2 Å². The van der Waals surface area contributed by atoms with E-state index in [1.807, 2.05) is 0 Å². The summed E-state index contributed by atoms with van der Waals surface area (Å²) < 4.78 is 23.2. The van der Waals surface area contributed by atoms with Gasteiger partial charge in [0.2, 0.25) is 5.91 Å². The molecule has 1 aromatic heterocycles. The fourth-order valence-electron chi connectivity index (χ4n) is 4.36. The summed E-state index contributed by atoms with van der Waals surface area (Å²) >= 11 is 1.54. The molecule has 4 rings (SSSR count). The number of nitrogens with one attached hydrogen (secondary N) is 1. The van der Waals surface area contributed by atoms with Gasteiger partial charge in [-0.3, -0.25) is 9.69 Å². The van der Waals surface area contributed by atoms with E-state index in [9.17, 15) is 13.2 Å². The predicted octanol–water partition coefficient (Wildman–Crippen LogP) is 4.75. The quantitative estimate of drug-likeness (QED) is 0.525. The Labute approximate surface area is 199 Å². The van der Waals surface area contributed by atoms with E-state index >= 15 is 0 Å². The summed E-state index contributed by atoms with van der Waals surface area (Å²) in [6, 6.07) is 15.2. The van der Waals surface area contributed by atoms with Gasteiger partial charge in [-0.25, -0.2) is 13.4 Å². The summed E-state index contributed by atoms with van der Waals surface area (Å²) in [5, 5.41) is 3.55. The van der Waals surface area contributed by atoms with Crippen LogP contribution in [0.1, 0.15) is 47.2 Å². The molecule has 1 N–H and O–H groups in total. The van der Waals surface area contributed by atoms with Crippen molar-refractivity contribution in [3.8, 4) is 0 Å². The third kappa shape index (κ3) is 5.51. The van der Waals surface area contributed by atoms with E-state index < -0.39 is 9.84 Å². The van der Waals surface area contributed by atoms with Gasteiger partial charge < -0.3 is 5.32 Å². The van der Waals surface area contributed by atoms with Crippen molar-refractivity contribution in [2.24, 2.45) is 5.92 Å². The van der Waals surface area contributed by atoms with E-state index in [1.165, 1.54) is 34.4 Å². The zero-order chi connectivity index (χ0) is 23.8. The molecular weight excluding hydrogens is 454 g/mol. The smallest absolute Gasteiger partial charge is 0.230 e. The standard InChI is InChI=1S/C25H29N3O3S2/c1-16(2)24-23-21(15-28(24)14-19-7-5-6-17(3)12-19)32-25(27-23)26-22(29)13-18-8-10-20(11-9-18)33(4,30)31/h5-12,16,24H,13-15H2,1-4H3,(H,26,27,29)/t24-/m1/s1. The number of fused-ring (bicyclic) bond motifs is 1. The van der Waals surface area contributed by atoms with Crippen molar-refractivity contribution in [2.75, 3.05) is 11.6 Å². The lowest BCUT2D eigenvalue weighted by molar-refractivity contribution is -0.115. The summed E-state index contributed by atoms with van der Waals surface area (Å²) in [6.45, 7) is 8.23. The number of rotatable bonds is 7. The largest absolute Gasteiger partial charge is 0.302 e. The van der Waals surface area contributed by atoms with Gasteiger partial charge in [0.15, 0.2) is 15.0 Å². The fourth-order valence-corrected chi connectivity index (χ4v) is 6.03. The lowest BCUT2D eigenvalue weighted by atomic mass is 10.0. The second-order valence-electron chi connectivity index (χ2n) is 9.05. The number of amides is 1. The number of carbonyl (C=O) groups excluding carboxylic acids is 1. The highest BCUT2D eigenvalue weighted by Gasteiger charge is 2.36. The van der Waals surface area contributed by atoms with Crippen LogP contribution < -0.4 is 5.32 Å². The highest BCUT2D eigenvalue weighted by molar-refractivity contribution is 7.90. The van der Waals surface area contributed by atoms with E-state index in [4.69, 9.17) is 4.98 Å². The molecule has 1 atom stereocenters. The van der Waals surface area contributed by atoms with Crippen LogP contribution in [-0.2, 0) is 34.1 Å². The molecular formula is C25H29N3O3S2. The Morgan fingerprint density at radius 1 is 1.18 bits per heavy atom. The fraction of sp³-hybridized carbons (Fsp3) is 0.360. The van der Waals surface area contributed by atoms with Gasteiger partial charge >= 0.3 is 0 Å². The Bertz CT molecular complexity index is 1260. The maximum Gasteiger partial charge on any atom is 0.230 e. The number of hydrogen-bond donors (Lipinski definition) is 1. The number of sulfone groups is 1. The lowest BCUT2D eigenvalue weighted by Crippen LogP contribution is -2.26. The highest BCUT2D eigenvalue weighted by Crippen LogP contribution is 2.43. The lowest BCUT2D eigenvalue weighted by Gasteiger charge is -2.27. The van der Waals surface area contributed by atoms with Gasteiger partial charge in [0, 0.05) is 24.2 Å². The van der Waals surface area contributed by atoms with Gasteiger partial charge in [-0.2, -0.15) is 0 Å². The molecule has 0 radical (unpaired) electrons. The van der Waals surface area contributed by atoms with E-state index in [0.29, 0.717) is 11.0 Å². The summed E-state index contributed by atoms with van der Waals surface area (Å²) in [5.74, 6) is 0.238. The molecule has 0 fully saturated rings. The number of hydrogen-bond acceptors (Lipinski definition) is 6. The van der Waals surface area contributed by atoms with Crippen LogP contribution in [0.15, 0.2) is 53.4 Å². The first-order valence-corrected chi connectivity index (χ1v) is 13.7. The molecule has 0 aliphatic carbocycles. The minimum atomic E-state index is -3.25. The van der Waals surface area contributed by atoms with Crippen LogP contribution in [0.25, 0.3) is 0 Å². The first-order chi connectivity index (χ1) is 15.6. The first kappa shape index (κ1) is 23.6. The van der Waals surface area contributed by atoms with Gasteiger partial charge in [0.1, 0.15) is 0 Å². The van der Waals surface area contributed by atoms with Gasteiger partial charge in [0.05, 0.1) is 23.1 Å². The van der Waals surface area contributed by atoms with Crippen LogP contribution in [0.4, 0.5) is 5.13 Å². The van der Waals surface area contributed by atoms with Crippen molar-refractivity contribution in [3.63, 3.8) is 0 Å². The normalized spacial score (nSPS) is 16.2. The van der Waals surface area contributed by atoms with Crippen LogP contribution in [-0.4, -0.2) is 30.5 Å². The monoisotopic (exact) mass is 483 g/mol. The third-order valence-corrected chi connectivity index (χ3v) is 7.91. The number of carbonyl (C=O) groups is 1. The van der Waals surface area contributed by atoms with Crippen LogP contribution in [0.2, 0.25) is 0 Å². The van der Waals surface area contributed by atoms with Gasteiger partial charge in [0.25, 0.3) is 0 Å². The molecule has 1 amide bonds. The number of nitrogens with zero attached hydrogens (tertiary/aromatic N) is 2. The highest BCUT2D eigenvalue weighted by atomic mass is 32.2. The summed E-state index contributed by atoms with van der Waals surface area (Å²) in [4.78, 5) is 21.3. The molecule has 0 spiro atoms. The van der Waals surface area contributed by atoms with E-state index in [2.05, 4.69) is 55.3 Å². The van der Waals surface area contributed by atoms with E-state index in [0.717, 1.165) is 24.3 Å². The second-order valence-corrected chi connectivity index (χ2v) is 12.2. The molecule has 0 saturated carbocycles. The first-order valence-electron chi connectivity index (χ1n) is 11.0. The number of benzene rings is 2. The van der Waals surface area contributed by atoms with Crippen molar-refractivity contribution >= 4 is 32.2 Å². The summed E-state index contributed by atoms with van der Waals surface area (Å²) in [7, 11) is -3.25. The zero-order valence-electron chi connectivity index (χ0n) is 19.3. The van der Waals surface area contributed by atoms with Crippen LogP contribution in [0.5, 0.6) is 0 Å². The molecule has 6 nitrogen and oxygen atoms in total. The predicted molar refractivity (Wildman–Crippen MR) is 132 cm³/mol. The number of aryl methyl sites for hydroxylation is 1. The number of thiazole rings is 1. The molecule has 174 valence electrons. The Morgan fingerprint density at radius 3 is 2.55 bits per heavy atom. The molecule has 8 heteroatoms. The van der Waals surface area contributed by atoms with Crippen molar-refractivity contribution in [1.82, 2.24) is 9.88 Å². The van der Waals surface area contributed by atoms with Crippen LogP contribution in [0, 0.1) is 12.8 Å². The Kier molecular flexibility index (Phi) is 6.70. The third-order valence-electron chi connectivity index (χ3n) is 5.81. The molecule has 0 bridgehead atoms. The molecule has 2 heterocycles. The molecule has 1 aliphatic rings. The topological polar surface area (TPSA) is 79.4 Å². The van der Waals surface area contributed by atoms with E-state index in [1.54, 1.807) is 23.5 Å². The average Bonchev–Trinajstić information content (AvgIpc) is 3.23. The van der Waals surface area contributed by atoms with Gasteiger partial charge in [-0.15, -0.1) is 11.3 Å². The summed E-state index contributed by atoms with van der Waals surface area (Å²) in [6.07, 6.45) is 1.34. The van der Waals surface area contributed by atoms with Crippen LogP contribution >= 0.6 is 11.3 Å². The Morgan fingerprint density at radius 2 is 1.91 bits per heavy atom. The number of aromatic nitrogens is 1. The van der Waals surface area contributed by atoms with Crippen molar-refractivity contribution in [3.05, 3.63) is 75.8 Å². The molecule has 0 saturated heterocycles. The SMILES string of the molecule is Cc1cccc(CN2Cc3sc(NC(=O)Cc4ccc(S(C)(=O)=O)cc4)nc3[C@H]2C(C)C)c1. The maximum absolute atomic E-state index is 12.6. The summed E-state index contributed by atoms with van der Waals surface area (Å²) in [5.41, 5.74) is 4.38. The zero-order valence-corrected chi connectivity index (χ0v) is 21.0. The van der Waals surface area contributed by atoms with Gasteiger partial charge in [-0.05, 0) is 36.1 Å². The van der Waals surface area contributed by atoms with Gasteiger partial charge in [-0.1, -0.05) is 55.8 Å². The molecule has 2 aromatic carbocycles. The minimum Gasteiger partial charge on any atom is -0.302 e. The molecule has 33 heavy (non-hydrogen) atoms. The van der Waals surface area contributed by atoms with E-state index in [-0.39, 0.29) is 23.3 Å². The molecule has 3 aromatic rings. The molecule has 1 aliphatic heterocycles. The minimum absolute atomic E-state index is 0.160. The second kappa shape index (κ2) is 9.37. The Balaban J connectivity index is 1.43. The average molecular weight is 484 g/mol. The Hall–Kier alpha value is -2.55.